The number of benzene rings is 3. The fraction of sp³-hybridized carbons (Fsp3) is 0.0909. The fourth-order valence-corrected chi connectivity index (χ4v) is 3.81. The Bertz CT molecular complexity index is 1230. The van der Waals surface area contributed by atoms with Crippen LogP contribution in [0.2, 0.25) is 5.02 Å². The number of carbonyl (C=O) groups excluding carboxylic acids is 2. The lowest BCUT2D eigenvalue weighted by atomic mass is 10.1. The number of rotatable bonds is 6. The predicted molar refractivity (Wildman–Crippen MR) is 125 cm³/mol. The second-order valence-electron chi connectivity index (χ2n) is 6.96. The van der Waals surface area contributed by atoms with Crippen molar-refractivity contribution < 1.29 is 18.0 Å². The summed E-state index contributed by atoms with van der Waals surface area (Å²) in [6.45, 7) is -0.171. The van der Waals surface area contributed by atoms with Gasteiger partial charge in [0.05, 0.1) is 4.90 Å². The number of nitrogens with one attached hydrogen (secondary N) is 2. The van der Waals surface area contributed by atoms with E-state index in [0.29, 0.717) is 27.5 Å². The van der Waals surface area contributed by atoms with Crippen LogP contribution in [0.4, 0.5) is 16.2 Å². The number of anilines is 2. The average Bonchev–Trinajstić information content (AvgIpc) is 2.75. The molecule has 3 rings (SSSR count). The maximum Gasteiger partial charge on any atom is 0.322 e. The Labute approximate surface area is 191 Å². The van der Waals surface area contributed by atoms with Gasteiger partial charge in [0, 0.05) is 29.0 Å². The Morgan fingerprint density at radius 3 is 2.09 bits per heavy atom. The minimum Gasteiger partial charge on any atom is -0.325 e. The van der Waals surface area contributed by atoms with Gasteiger partial charge in [-0.3, -0.25) is 4.79 Å². The molecule has 3 aromatic carbocycles. The van der Waals surface area contributed by atoms with Crippen LogP contribution >= 0.6 is 11.6 Å². The van der Waals surface area contributed by atoms with E-state index >= 15 is 0 Å². The summed E-state index contributed by atoms with van der Waals surface area (Å²) < 4.78 is 23.6. The van der Waals surface area contributed by atoms with E-state index in [2.05, 4.69) is 10.6 Å². The average molecular weight is 473 g/mol. The molecule has 0 aromatic heterocycles. The number of amides is 3. The Morgan fingerprint density at radius 1 is 0.906 bits per heavy atom. The van der Waals surface area contributed by atoms with Crippen molar-refractivity contribution in [2.45, 2.75) is 4.90 Å². The number of likely N-dealkylation sites (N-methyl/N-ethyl adjacent to an activating group) is 1. The molecule has 0 aliphatic heterocycles. The van der Waals surface area contributed by atoms with Gasteiger partial charge in [-0.15, -0.1) is 0 Å². The summed E-state index contributed by atoms with van der Waals surface area (Å²) >= 11 is 5.82. The van der Waals surface area contributed by atoms with Gasteiger partial charge in [-0.2, -0.15) is 0 Å². The molecule has 10 heteroatoms. The second-order valence-corrected chi connectivity index (χ2v) is 8.93. The number of halogens is 1. The lowest BCUT2D eigenvalue weighted by Gasteiger charge is -2.18. The van der Waals surface area contributed by atoms with Crippen LogP contribution in [0.5, 0.6) is 0 Å². The van der Waals surface area contributed by atoms with Crippen molar-refractivity contribution in [3.63, 3.8) is 0 Å². The Morgan fingerprint density at radius 2 is 1.47 bits per heavy atom. The second kappa shape index (κ2) is 9.82. The third-order valence-electron chi connectivity index (χ3n) is 4.50. The number of hydrogen-bond donors (Lipinski definition) is 3. The number of nitrogens with zero attached hydrogens (tertiary/aromatic N) is 1. The van der Waals surface area contributed by atoms with Crippen LogP contribution in [0.15, 0.2) is 77.7 Å². The van der Waals surface area contributed by atoms with E-state index in [0.717, 1.165) is 0 Å². The summed E-state index contributed by atoms with van der Waals surface area (Å²) in [5.74, 6) is -0.392. The molecule has 32 heavy (non-hydrogen) atoms. The highest BCUT2D eigenvalue weighted by atomic mass is 35.5. The molecule has 0 heterocycles. The molecular weight excluding hydrogens is 452 g/mol. The van der Waals surface area contributed by atoms with Crippen molar-refractivity contribution in [3.05, 3.63) is 77.8 Å². The molecule has 166 valence electrons. The van der Waals surface area contributed by atoms with E-state index in [1.165, 1.54) is 18.0 Å². The SMILES string of the molecule is CN(CC(=O)Nc1ccc(-c2ccccc2S(N)(=O)=O)cc1)C(=O)Nc1ccc(Cl)cc1. The first kappa shape index (κ1) is 23.3. The summed E-state index contributed by atoms with van der Waals surface area (Å²) in [6.07, 6.45) is 0. The molecular formula is C22H21ClN4O4S. The van der Waals surface area contributed by atoms with Crippen LogP contribution in [-0.4, -0.2) is 38.8 Å². The first-order chi connectivity index (χ1) is 15.1. The molecule has 0 saturated carbocycles. The number of sulfonamides is 1. The molecule has 4 N–H and O–H groups in total. The smallest absolute Gasteiger partial charge is 0.322 e. The molecule has 0 bridgehead atoms. The molecule has 0 radical (unpaired) electrons. The zero-order valence-corrected chi connectivity index (χ0v) is 18.7. The van der Waals surface area contributed by atoms with E-state index in [9.17, 15) is 18.0 Å². The van der Waals surface area contributed by atoms with Gasteiger partial charge in [0.1, 0.15) is 6.54 Å². The molecule has 0 aliphatic carbocycles. The molecule has 3 aromatic rings. The summed E-state index contributed by atoms with van der Waals surface area (Å²) in [5.41, 5.74) is 2.15. The highest BCUT2D eigenvalue weighted by Crippen LogP contribution is 2.27. The molecule has 0 aliphatic rings. The minimum atomic E-state index is -3.88. The van der Waals surface area contributed by atoms with Gasteiger partial charge in [-0.1, -0.05) is 41.9 Å². The van der Waals surface area contributed by atoms with Crippen molar-refractivity contribution in [1.82, 2.24) is 4.90 Å². The van der Waals surface area contributed by atoms with Crippen molar-refractivity contribution in [1.29, 1.82) is 0 Å². The van der Waals surface area contributed by atoms with Gasteiger partial charge >= 0.3 is 6.03 Å². The quantitative estimate of drug-likeness (QED) is 0.505. The maximum absolute atomic E-state index is 12.3. The van der Waals surface area contributed by atoms with Gasteiger partial charge in [0.2, 0.25) is 15.9 Å². The largest absolute Gasteiger partial charge is 0.325 e. The van der Waals surface area contributed by atoms with Crippen LogP contribution < -0.4 is 15.8 Å². The lowest BCUT2D eigenvalue weighted by molar-refractivity contribution is -0.116. The summed E-state index contributed by atoms with van der Waals surface area (Å²) in [4.78, 5) is 25.8. The number of nitrogens with two attached hydrogens (primary N) is 1. The van der Waals surface area contributed by atoms with E-state index in [1.54, 1.807) is 66.7 Å². The van der Waals surface area contributed by atoms with Crippen LogP contribution in [-0.2, 0) is 14.8 Å². The van der Waals surface area contributed by atoms with Crippen LogP contribution in [0.3, 0.4) is 0 Å². The molecule has 0 atom stereocenters. The van der Waals surface area contributed by atoms with Crippen molar-refractivity contribution in [2.75, 3.05) is 24.2 Å². The van der Waals surface area contributed by atoms with E-state index in [4.69, 9.17) is 16.7 Å². The zero-order valence-electron chi connectivity index (χ0n) is 17.1. The molecule has 3 amide bonds. The third-order valence-corrected chi connectivity index (χ3v) is 5.72. The highest BCUT2D eigenvalue weighted by Gasteiger charge is 2.16. The van der Waals surface area contributed by atoms with Gasteiger partial charge in [0.25, 0.3) is 0 Å². The third kappa shape index (κ3) is 6.07. The molecule has 0 spiro atoms. The lowest BCUT2D eigenvalue weighted by Crippen LogP contribution is -2.37. The standard InChI is InChI=1S/C22H21ClN4O4S/c1-27(22(29)26-18-12-8-16(23)9-13-18)14-21(28)25-17-10-6-15(7-11-17)19-4-2-3-5-20(19)32(24,30)31/h2-13H,14H2,1H3,(H,25,28)(H,26,29)(H2,24,30,31). The summed E-state index contributed by atoms with van der Waals surface area (Å²) in [7, 11) is -2.38. The molecule has 0 saturated heterocycles. The minimum absolute atomic E-state index is 0.0186. The van der Waals surface area contributed by atoms with E-state index in [1.807, 2.05) is 0 Å². The first-order valence-electron chi connectivity index (χ1n) is 9.43. The van der Waals surface area contributed by atoms with Gasteiger partial charge in [0.15, 0.2) is 0 Å². The maximum atomic E-state index is 12.3. The van der Waals surface area contributed by atoms with E-state index < -0.39 is 22.0 Å². The number of urea groups is 1. The first-order valence-corrected chi connectivity index (χ1v) is 11.4. The molecule has 0 unspecified atom stereocenters. The zero-order chi connectivity index (χ0) is 23.3. The number of primary sulfonamides is 1. The van der Waals surface area contributed by atoms with E-state index in [-0.39, 0.29) is 11.4 Å². The Kier molecular flexibility index (Phi) is 7.14. The normalized spacial score (nSPS) is 11.0. The number of carbonyl (C=O) groups is 2. The molecule has 8 nitrogen and oxygen atoms in total. The van der Waals surface area contributed by atoms with Crippen LogP contribution in [0.25, 0.3) is 11.1 Å². The Balaban J connectivity index is 1.61. The summed E-state index contributed by atoms with van der Waals surface area (Å²) in [6, 6.07) is 19.2. The Hall–Kier alpha value is -3.40. The van der Waals surface area contributed by atoms with Gasteiger partial charge in [-0.25, -0.2) is 18.4 Å². The topological polar surface area (TPSA) is 122 Å². The summed E-state index contributed by atoms with van der Waals surface area (Å²) in [5, 5.41) is 11.2. The van der Waals surface area contributed by atoms with Crippen LogP contribution in [0, 0.1) is 0 Å². The number of hydrogen-bond acceptors (Lipinski definition) is 4. The highest BCUT2D eigenvalue weighted by molar-refractivity contribution is 7.89. The van der Waals surface area contributed by atoms with Crippen LogP contribution in [0.1, 0.15) is 0 Å². The fourth-order valence-electron chi connectivity index (χ4n) is 2.93. The van der Waals surface area contributed by atoms with Gasteiger partial charge < -0.3 is 15.5 Å². The van der Waals surface area contributed by atoms with Crippen molar-refractivity contribution in [2.24, 2.45) is 5.14 Å². The van der Waals surface area contributed by atoms with Crippen molar-refractivity contribution >= 4 is 44.9 Å². The predicted octanol–water partition coefficient (Wildman–Crippen LogP) is 3.76. The molecule has 0 fully saturated rings. The van der Waals surface area contributed by atoms with Gasteiger partial charge in [-0.05, 0) is 48.0 Å². The van der Waals surface area contributed by atoms with Crippen molar-refractivity contribution in [3.8, 4) is 11.1 Å². The monoisotopic (exact) mass is 472 g/mol.